The molecule has 6 heteroatoms. The molecular weight excluding hydrogens is 294 g/mol. The van der Waals surface area contributed by atoms with Crippen LogP contribution in [0.5, 0.6) is 5.75 Å². The highest BCUT2D eigenvalue weighted by molar-refractivity contribution is 5.89. The van der Waals surface area contributed by atoms with Crippen LogP contribution in [-0.4, -0.2) is 48.0 Å². The first-order chi connectivity index (χ1) is 10.7. The number of primary amides is 1. The molecule has 4 N–H and O–H groups in total. The summed E-state index contributed by atoms with van der Waals surface area (Å²) in [6.07, 6.45) is 0.313. The lowest BCUT2D eigenvalue weighted by Gasteiger charge is -2.31. The molecule has 2 amide bonds. The molecular formula is C17H27N3O3. The van der Waals surface area contributed by atoms with E-state index in [4.69, 9.17) is 5.73 Å². The third kappa shape index (κ3) is 4.69. The topological polar surface area (TPSA) is 95.7 Å². The summed E-state index contributed by atoms with van der Waals surface area (Å²) in [5, 5.41) is 12.6. The Hall–Kier alpha value is -2.08. The Bertz CT molecular complexity index is 572. The maximum absolute atomic E-state index is 12.6. The first-order valence-electron chi connectivity index (χ1n) is 7.70. The van der Waals surface area contributed by atoms with E-state index in [9.17, 15) is 14.7 Å². The molecule has 0 heterocycles. The smallest absolute Gasteiger partial charge is 0.240 e. The fourth-order valence-electron chi connectivity index (χ4n) is 2.61. The van der Waals surface area contributed by atoms with Crippen molar-refractivity contribution in [3.05, 3.63) is 29.3 Å². The molecule has 1 rings (SSSR count). The first-order valence-corrected chi connectivity index (χ1v) is 7.70. The van der Waals surface area contributed by atoms with Crippen molar-refractivity contribution in [1.29, 1.82) is 0 Å². The van der Waals surface area contributed by atoms with Crippen LogP contribution < -0.4 is 11.1 Å². The van der Waals surface area contributed by atoms with Crippen LogP contribution in [0.15, 0.2) is 18.2 Å². The van der Waals surface area contributed by atoms with Crippen molar-refractivity contribution >= 4 is 11.8 Å². The summed E-state index contributed by atoms with van der Waals surface area (Å²) in [6.45, 7) is 5.66. The van der Waals surface area contributed by atoms with Crippen LogP contribution in [-0.2, 0) is 16.0 Å². The monoisotopic (exact) mass is 321 g/mol. The third-order valence-corrected chi connectivity index (χ3v) is 4.08. The third-order valence-electron chi connectivity index (χ3n) is 4.08. The van der Waals surface area contributed by atoms with Crippen molar-refractivity contribution in [3.8, 4) is 5.75 Å². The van der Waals surface area contributed by atoms with Crippen molar-refractivity contribution in [2.75, 3.05) is 14.1 Å². The van der Waals surface area contributed by atoms with Gasteiger partial charge in [0, 0.05) is 13.5 Å². The van der Waals surface area contributed by atoms with Crippen LogP contribution in [0.2, 0.25) is 0 Å². The van der Waals surface area contributed by atoms with Crippen LogP contribution >= 0.6 is 0 Å². The maximum atomic E-state index is 12.6. The minimum absolute atomic E-state index is 0.0967. The van der Waals surface area contributed by atoms with Gasteiger partial charge in [0.1, 0.15) is 11.8 Å². The van der Waals surface area contributed by atoms with Gasteiger partial charge in [0.2, 0.25) is 11.8 Å². The Morgan fingerprint density at radius 1 is 1.35 bits per heavy atom. The normalized spacial score (nSPS) is 13.7. The fourth-order valence-corrected chi connectivity index (χ4v) is 2.61. The predicted molar refractivity (Wildman–Crippen MR) is 90.0 cm³/mol. The Kier molecular flexibility index (Phi) is 6.57. The van der Waals surface area contributed by atoms with Crippen molar-refractivity contribution in [3.63, 3.8) is 0 Å². The second-order valence-electron chi connectivity index (χ2n) is 6.20. The number of carbonyl (C=O) groups is 2. The van der Waals surface area contributed by atoms with Crippen molar-refractivity contribution in [2.45, 2.75) is 39.3 Å². The lowest BCUT2D eigenvalue weighted by atomic mass is 9.99. The van der Waals surface area contributed by atoms with Gasteiger partial charge in [0.05, 0.1) is 6.04 Å². The molecule has 0 aliphatic heterocycles. The Morgan fingerprint density at radius 2 is 1.96 bits per heavy atom. The summed E-state index contributed by atoms with van der Waals surface area (Å²) in [5.41, 5.74) is 7.07. The van der Waals surface area contributed by atoms with E-state index < -0.39 is 11.9 Å². The molecule has 0 radical (unpaired) electrons. The summed E-state index contributed by atoms with van der Waals surface area (Å²) in [6, 6.07) is 4.00. The number of aryl methyl sites for hydroxylation is 1. The highest BCUT2D eigenvalue weighted by atomic mass is 16.3. The van der Waals surface area contributed by atoms with E-state index in [0.29, 0.717) is 6.42 Å². The molecule has 1 aromatic rings. The summed E-state index contributed by atoms with van der Waals surface area (Å²) in [4.78, 5) is 25.8. The zero-order valence-electron chi connectivity index (χ0n) is 14.5. The van der Waals surface area contributed by atoms with Gasteiger partial charge >= 0.3 is 0 Å². The molecule has 23 heavy (non-hydrogen) atoms. The largest absolute Gasteiger partial charge is 0.508 e. The zero-order chi connectivity index (χ0) is 17.7. The van der Waals surface area contributed by atoms with Crippen molar-refractivity contribution < 1.29 is 14.7 Å². The summed E-state index contributed by atoms with van der Waals surface area (Å²) in [7, 11) is 3.32. The average Bonchev–Trinajstić information content (AvgIpc) is 2.47. The highest BCUT2D eigenvalue weighted by Crippen LogP contribution is 2.19. The fraction of sp³-hybridized carbons (Fsp3) is 0.529. The molecule has 0 aromatic heterocycles. The average molecular weight is 321 g/mol. The number of phenolic OH excluding ortho intramolecular Hbond substituents is 1. The van der Waals surface area contributed by atoms with Gasteiger partial charge in [0.25, 0.3) is 0 Å². The molecule has 128 valence electrons. The molecule has 0 saturated heterocycles. The number of nitrogens with one attached hydrogen (secondary N) is 1. The second-order valence-corrected chi connectivity index (χ2v) is 6.20. The number of aromatic hydroxyl groups is 1. The minimum Gasteiger partial charge on any atom is -0.508 e. The maximum Gasteiger partial charge on any atom is 0.240 e. The van der Waals surface area contributed by atoms with Gasteiger partial charge in [-0.25, -0.2) is 0 Å². The lowest BCUT2D eigenvalue weighted by Crippen LogP contribution is -2.54. The Morgan fingerprint density at radius 3 is 2.39 bits per heavy atom. The molecule has 0 saturated carbocycles. The second kappa shape index (κ2) is 7.97. The number of carbonyl (C=O) groups excluding carboxylic acids is 2. The van der Waals surface area contributed by atoms with E-state index in [1.807, 2.05) is 13.8 Å². The quantitative estimate of drug-likeness (QED) is 0.692. The van der Waals surface area contributed by atoms with Gasteiger partial charge in [-0.05, 0) is 37.1 Å². The number of likely N-dealkylation sites (N-methyl/N-ethyl adjacent to an activating group) is 2. The number of benzene rings is 1. The molecule has 1 unspecified atom stereocenters. The first kappa shape index (κ1) is 19.0. The Labute approximate surface area is 137 Å². The van der Waals surface area contributed by atoms with Gasteiger partial charge in [-0.1, -0.05) is 26.0 Å². The van der Waals surface area contributed by atoms with E-state index in [2.05, 4.69) is 5.32 Å². The summed E-state index contributed by atoms with van der Waals surface area (Å²) in [5.74, 6) is -0.421. The van der Waals surface area contributed by atoms with Crippen LogP contribution in [0.1, 0.15) is 25.0 Å². The highest BCUT2D eigenvalue weighted by Gasteiger charge is 2.31. The van der Waals surface area contributed by atoms with Crippen LogP contribution in [0.3, 0.4) is 0 Å². The summed E-state index contributed by atoms with van der Waals surface area (Å²) >= 11 is 0. The van der Waals surface area contributed by atoms with Crippen molar-refractivity contribution in [1.82, 2.24) is 10.2 Å². The van der Waals surface area contributed by atoms with Gasteiger partial charge in [0.15, 0.2) is 0 Å². The van der Waals surface area contributed by atoms with E-state index in [-0.39, 0.29) is 23.6 Å². The van der Waals surface area contributed by atoms with Gasteiger partial charge in [-0.3, -0.25) is 9.59 Å². The molecule has 0 aliphatic carbocycles. The zero-order valence-corrected chi connectivity index (χ0v) is 14.5. The van der Waals surface area contributed by atoms with Gasteiger partial charge in [-0.15, -0.1) is 0 Å². The number of hydrogen-bond acceptors (Lipinski definition) is 4. The molecule has 2 atom stereocenters. The van der Waals surface area contributed by atoms with E-state index >= 15 is 0 Å². The van der Waals surface area contributed by atoms with Crippen LogP contribution in [0, 0.1) is 12.8 Å². The Balaban J connectivity index is 2.99. The summed E-state index contributed by atoms with van der Waals surface area (Å²) < 4.78 is 0. The number of nitrogens with two attached hydrogens (primary N) is 1. The number of phenols is 1. The standard InChI is InChI=1S/C17H27N3O3/c1-10(2)15(19-4)17(23)20(5)13(16(18)22)9-12-6-7-14(21)11(3)8-12/h6-8,10,13,15,19,21H,9H2,1-5H3,(H2,18,22)/t13?,15-/m0/s1. The number of nitrogens with zero attached hydrogens (tertiary/aromatic N) is 1. The number of hydrogen-bond donors (Lipinski definition) is 3. The molecule has 0 bridgehead atoms. The molecule has 0 fully saturated rings. The van der Waals surface area contributed by atoms with Crippen molar-refractivity contribution in [2.24, 2.45) is 11.7 Å². The lowest BCUT2D eigenvalue weighted by molar-refractivity contribution is -0.140. The molecule has 0 spiro atoms. The van der Waals surface area contributed by atoms with E-state index in [1.165, 1.54) is 4.90 Å². The molecule has 0 aliphatic rings. The number of rotatable bonds is 7. The van der Waals surface area contributed by atoms with Crippen LogP contribution in [0.25, 0.3) is 0 Å². The number of amides is 2. The minimum atomic E-state index is -0.735. The predicted octanol–water partition coefficient (Wildman–Crippen LogP) is 0.799. The van der Waals surface area contributed by atoms with E-state index in [0.717, 1.165) is 11.1 Å². The van der Waals surface area contributed by atoms with E-state index in [1.54, 1.807) is 39.2 Å². The molecule has 1 aromatic carbocycles. The SMILES string of the molecule is CN[C@H](C(=O)N(C)C(Cc1ccc(O)c(C)c1)C(N)=O)C(C)C. The molecule has 6 nitrogen and oxygen atoms in total. The van der Waals surface area contributed by atoms with Crippen LogP contribution in [0.4, 0.5) is 0 Å². The van der Waals surface area contributed by atoms with Gasteiger partial charge in [-0.2, -0.15) is 0 Å². The van der Waals surface area contributed by atoms with Gasteiger partial charge < -0.3 is 21.1 Å².